The van der Waals surface area contributed by atoms with Crippen molar-refractivity contribution in [3.05, 3.63) is 53.3 Å². The maximum absolute atomic E-state index is 12.3. The Hall–Kier alpha value is -2.10. The molecule has 1 aromatic heterocycles. The minimum atomic E-state index is -0.109. The van der Waals surface area contributed by atoms with Crippen LogP contribution in [0.2, 0.25) is 0 Å². The predicted octanol–water partition coefficient (Wildman–Crippen LogP) is 2.19. The number of aromatic nitrogens is 2. The number of carbonyl (C=O) groups is 1. The second-order valence-corrected chi connectivity index (χ2v) is 5.45. The first kappa shape index (κ1) is 12.9. The molecule has 1 unspecified atom stereocenters. The molecule has 2 atom stereocenters. The summed E-state index contributed by atoms with van der Waals surface area (Å²) in [5.74, 6) is -0.00454. The van der Waals surface area contributed by atoms with Crippen LogP contribution < -0.4 is 5.32 Å². The highest BCUT2D eigenvalue weighted by Crippen LogP contribution is 2.20. The first-order valence-corrected chi connectivity index (χ1v) is 7.10. The van der Waals surface area contributed by atoms with E-state index in [2.05, 4.69) is 15.5 Å². The van der Waals surface area contributed by atoms with Gasteiger partial charge >= 0.3 is 0 Å². The van der Waals surface area contributed by atoms with Crippen LogP contribution in [0.4, 0.5) is 0 Å². The molecule has 1 amide bonds. The summed E-state index contributed by atoms with van der Waals surface area (Å²) in [4.78, 5) is 12.3. The molecule has 1 aromatic carbocycles. The van der Waals surface area contributed by atoms with Gasteiger partial charge in [-0.05, 0) is 37.3 Å². The van der Waals surface area contributed by atoms with Crippen molar-refractivity contribution in [1.82, 2.24) is 15.5 Å². The van der Waals surface area contributed by atoms with Gasteiger partial charge in [0.25, 0.3) is 0 Å². The second-order valence-electron chi connectivity index (χ2n) is 5.45. The SMILES string of the molecule is C[C@H](C(=O)NC1CCc2[nH]ncc2C1)c1ccccc1. The normalized spacial score (nSPS) is 19.1. The predicted molar refractivity (Wildman–Crippen MR) is 77.4 cm³/mol. The highest BCUT2D eigenvalue weighted by molar-refractivity contribution is 5.83. The molecule has 0 fully saturated rings. The molecule has 20 heavy (non-hydrogen) atoms. The van der Waals surface area contributed by atoms with Crippen molar-refractivity contribution >= 4 is 5.91 Å². The quantitative estimate of drug-likeness (QED) is 0.897. The van der Waals surface area contributed by atoms with E-state index < -0.39 is 0 Å². The van der Waals surface area contributed by atoms with E-state index in [1.54, 1.807) is 0 Å². The Morgan fingerprint density at radius 3 is 3.00 bits per heavy atom. The monoisotopic (exact) mass is 269 g/mol. The first-order chi connectivity index (χ1) is 9.74. The van der Waals surface area contributed by atoms with E-state index in [0.29, 0.717) is 0 Å². The Morgan fingerprint density at radius 1 is 1.40 bits per heavy atom. The number of benzene rings is 1. The van der Waals surface area contributed by atoms with Gasteiger partial charge in [0.15, 0.2) is 0 Å². The molecule has 1 aliphatic rings. The lowest BCUT2D eigenvalue weighted by atomic mass is 9.92. The van der Waals surface area contributed by atoms with Gasteiger partial charge in [0.1, 0.15) is 0 Å². The fraction of sp³-hybridized carbons (Fsp3) is 0.375. The smallest absolute Gasteiger partial charge is 0.227 e. The highest BCUT2D eigenvalue weighted by Gasteiger charge is 2.23. The minimum absolute atomic E-state index is 0.105. The zero-order valence-electron chi connectivity index (χ0n) is 11.6. The van der Waals surface area contributed by atoms with Crippen LogP contribution in [0.3, 0.4) is 0 Å². The molecule has 4 nitrogen and oxygen atoms in total. The zero-order valence-corrected chi connectivity index (χ0v) is 11.6. The molecular weight excluding hydrogens is 250 g/mol. The van der Waals surface area contributed by atoms with Gasteiger partial charge in [-0.1, -0.05) is 30.3 Å². The summed E-state index contributed by atoms with van der Waals surface area (Å²) in [6.07, 6.45) is 4.68. The summed E-state index contributed by atoms with van der Waals surface area (Å²) in [7, 11) is 0. The van der Waals surface area contributed by atoms with Gasteiger partial charge in [-0.2, -0.15) is 5.10 Å². The average molecular weight is 269 g/mol. The number of nitrogens with zero attached hydrogens (tertiary/aromatic N) is 1. The number of aryl methyl sites for hydroxylation is 1. The number of amides is 1. The third-order valence-corrected chi connectivity index (χ3v) is 4.06. The summed E-state index contributed by atoms with van der Waals surface area (Å²) in [5.41, 5.74) is 3.50. The maximum atomic E-state index is 12.3. The van der Waals surface area contributed by atoms with Gasteiger partial charge < -0.3 is 5.32 Å². The highest BCUT2D eigenvalue weighted by atomic mass is 16.1. The van der Waals surface area contributed by atoms with Gasteiger partial charge in [0.05, 0.1) is 12.1 Å². The van der Waals surface area contributed by atoms with Crippen LogP contribution in [0.5, 0.6) is 0 Å². The molecule has 2 aromatic rings. The Bertz CT molecular complexity index is 591. The standard InChI is InChI=1S/C16H19N3O/c1-11(12-5-3-2-4-6-12)16(20)18-14-7-8-15-13(9-14)10-17-19-15/h2-6,10-11,14H,7-9H2,1H3,(H,17,19)(H,18,20)/t11-,14?/m0/s1. The summed E-state index contributed by atoms with van der Waals surface area (Å²) in [5, 5.41) is 10.2. The van der Waals surface area contributed by atoms with Crippen molar-refractivity contribution in [2.24, 2.45) is 0 Å². The molecule has 1 heterocycles. The molecular formula is C16H19N3O. The molecule has 2 N–H and O–H groups in total. The van der Waals surface area contributed by atoms with Crippen LogP contribution >= 0.6 is 0 Å². The molecule has 0 aliphatic heterocycles. The van der Waals surface area contributed by atoms with Crippen molar-refractivity contribution in [2.75, 3.05) is 0 Å². The number of H-pyrrole nitrogens is 1. The third-order valence-electron chi connectivity index (χ3n) is 4.06. The van der Waals surface area contributed by atoms with Gasteiger partial charge in [0.2, 0.25) is 5.91 Å². The number of fused-ring (bicyclic) bond motifs is 1. The zero-order chi connectivity index (χ0) is 13.9. The molecule has 1 aliphatic carbocycles. The summed E-state index contributed by atoms with van der Waals surface area (Å²) in [6.45, 7) is 1.96. The average Bonchev–Trinajstić information content (AvgIpc) is 2.95. The van der Waals surface area contributed by atoms with E-state index in [1.165, 1.54) is 11.3 Å². The molecule has 3 rings (SSSR count). The lowest BCUT2D eigenvalue weighted by Crippen LogP contribution is -2.40. The van der Waals surface area contributed by atoms with E-state index in [0.717, 1.165) is 24.8 Å². The van der Waals surface area contributed by atoms with Crippen molar-refractivity contribution in [3.8, 4) is 0 Å². The van der Waals surface area contributed by atoms with E-state index in [9.17, 15) is 4.79 Å². The van der Waals surface area contributed by atoms with Crippen LogP contribution in [0.1, 0.15) is 36.1 Å². The molecule has 0 saturated carbocycles. The van der Waals surface area contributed by atoms with Crippen molar-refractivity contribution in [3.63, 3.8) is 0 Å². The Labute approximate surface area is 118 Å². The first-order valence-electron chi connectivity index (χ1n) is 7.10. The molecule has 0 bridgehead atoms. The van der Waals surface area contributed by atoms with Crippen molar-refractivity contribution in [2.45, 2.75) is 38.1 Å². The van der Waals surface area contributed by atoms with E-state index in [1.807, 2.05) is 43.5 Å². The Morgan fingerprint density at radius 2 is 2.20 bits per heavy atom. The van der Waals surface area contributed by atoms with Crippen molar-refractivity contribution in [1.29, 1.82) is 0 Å². The molecule has 4 heteroatoms. The topological polar surface area (TPSA) is 57.8 Å². The van der Waals surface area contributed by atoms with E-state index >= 15 is 0 Å². The van der Waals surface area contributed by atoms with Crippen molar-refractivity contribution < 1.29 is 4.79 Å². The summed E-state index contributed by atoms with van der Waals surface area (Å²) in [6, 6.07) is 10.1. The minimum Gasteiger partial charge on any atom is -0.353 e. The van der Waals surface area contributed by atoms with Crippen LogP contribution in [0.25, 0.3) is 0 Å². The molecule has 104 valence electrons. The van der Waals surface area contributed by atoms with Crippen LogP contribution in [0, 0.1) is 0 Å². The molecule has 0 saturated heterocycles. The fourth-order valence-electron chi connectivity index (χ4n) is 2.76. The lowest BCUT2D eigenvalue weighted by Gasteiger charge is -2.24. The van der Waals surface area contributed by atoms with Crippen LogP contribution in [0.15, 0.2) is 36.5 Å². The number of rotatable bonds is 3. The summed E-state index contributed by atoms with van der Waals surface area (Å²) >= 11 is 0. The molecule has 0 spiro atoms. The number of aromatic amines is 1. The molecule has 0 radical (unpaired) electrons. The Balaban J connectivity index is 1.63. The van der Waals surface area contributed by atoms with E-state index in [4.69, 9.17) is 0 Å². The van der Waals surface area contributed by atoms with Crippen LogP contribution in [-0.4, -0.2) is 22.1 Å². The number of carbonyl (C=O) groups excluding carboxylic acids is 1. The lowest BCUT2D eigenvalue weighted by molar-refractivity contribution is -0.123. The number of hydrogen-bond donors (Lipinski definition) is 2. The van der Waals surface area contributed by atoms with Gasteiger partial charge in [0, 0.05) is 11.7 Å². The second kappa shape index (κ2) is 5.49. The van der Waals surface area contributed by atoms with Gasteiger partial charge in [-0.25, -0.2) is 0 Å². The van der Waals surface area contributed by atoms with Gasteiger partial charge in [-0.3, -0.25) is 9.89 Å². The number of hydrogen-bond acceptors (Lipinski definition) is 2. The summed E-state index contributed by atoms with van der Waals surface area (Å²) < 4.78 is 0. The van der Waals surface area contributed by atoms with Gasteiger partial charge in [-0.15, -0.1) is 0 Å². The Kier molecular flexibility index (Phi) is 3.54. The number of nitrogens with one attached hydrogen (secondary N) is 2. The largest absolute Gasteiger partial charge is 0.353 e. The maximum Gasteiger partial charge on any atom is 0.227 e. The fourth-order valence-corrected chi connectivity index (χ4v) is 2.76. The van der Waals surface area contributed by atoms with E-state index in [-0.39, 0.29) is 17.9 Å². The third kappa shape index (κ3) is 2.59. The van der Waals surface area contributed by atoms with Crippen LogP contribution in [-0.2, 0) is 17.6 Å².